The van der Waals surface area contributed by atoms with Crippen molar-refractivity contribution in [2.24, 2.45) is 0 Å². The number of imidazole rings is 1. The van der Waals surface area contributed by atoms with Gasteiger partial charge in [0.05, 0.1) is 6.54 Å². The second kappa shape index (κ2) is 11.7. The normalized spacial score (nSPS) is 18.5. The first-order valence-electron chi connectivity index (χ1n) is 14.2. The van der Waals surface area contributed by atoms with E-state index in [9.17, 15) is 0 Å². The van der Waals surface area contributed by atoms with Gasteiger partial charge in [-0.15, -0.1) is 0 Å². The maximum atomic E-state index is 4.95. The number of fused-ring (bicyclic) bond motifs is 1. The predicted molar refractivity (Wildman–Crippen MR) is 150 cm³/mol. The molecule has 1 aromatic carbocycles. The van der Waals surface area contributed by atoms with Crippen molar-refractivity contribution in [3.05, 3.63) is 64.6 Å². The van der Waals surface area contributed by atoms with Gasteiger partial charge < -0.3 is 9.47 Å². The second-order valence-electron chi connectivity index (χ2n) is 10.9. The molecule has 0 aliphatic carbocycles. The summed E-state index contributed by atoms with van der Waals surface area (Å²) in [4.78, 5) is 15.2. The van der Waals surface area contributed by atoms with Gasteiger partial charge in [0, 0.05) is 24.7 Å². The van der Waals surface area contributed by atoms with E-state index in [4.69, 9.17) is 9.97 Å². The van der Waals surface area contributed by atoms with E-state index in [2.05, 4.69) is 77.6 Å². The Labute approximate surface area is 217 Å². The van der Waals surface area contributed by atoms with E-state index in [1.165, 1.54) is 75.0 Å². The van der Waals surface area contributed by atoms with Crippen molar-refractivity contribution in [1.82, 2.24) is 24.3 Å². The number of hydrogen-bond donors (Lipinski definition) is 0. The molecule has 5 heteroatoms. The first-order valence-corrected chi connectivity index (χ1v) is 14.2. The van der Waals surface area contributed by atoms with Crippen molar-refractivity contribution >= 4 is 17.2 Å². The lowest BCUT2D eigenvalue weighted by atomic mass is 10.00. The topological polar surface area (TPSA) is 37.2 Å². The highest BCUT2D eigenvalue weighted by Gasteiger charge is 2.24. The van der Waals surface area contributed by atoms with Crippen molar-refractivity contribution in [2.45, 2.75) is 78.3 Å². The van der Waals surface area contributed by atoms with Gasteiger partial charge in [-0.3, -0.25) is 4.90 Å². The Kier molecular flexibility index (Phi) is 8.18. The fourth-order valence-electron chi connectivity index (χ4n) is 6.03. The van der Waals surface area contributed by atoms with Gasteiger partial charge >= 0.3 is 0 Å². The lowest BCUT2D eigenvalue weighted by molar-refractivity contribution is 0.0975. The summed E-state index contributed by atoms with van der Waals surface area (Å²) < 4.78 is 2.32. The lowest BCUT2D eigenvalue weighted by Crippen LogP contribution is -2.46. The SMILES string of the molecule is CCCc1nc2c(C)cc(C)nc2n1Cc1ccc(C=CCN2CCC(N3CCCCC3)CC2)cc1. The van der Waals surface area contributed by atoms with E-state index < -0.39 is 0 Å². The standard InChI is InChI=1S/C31H43N5/c1-4-9-29-33-30-24(2)22-25(3)32-31(30)36(29)23-27-13-11-26(12-14-27)10-8-17-34-20-15-28(16-21-34)35-18-6-5-7-19-35/h8,10-14,22,28H,4-7,9,15-21,23H2,1-3H3. The Bertz CT molecular complexity index is 1160. The third-order valence-electron chi connectivity index (χ3n) is 8.03. The second-order valence-corrected chi connectivity index (χ2v) is 10.9. The predicted octanol–water partition coefficient (Wildman–Crippen LogP) is 6.01. The molecule has 0 amide bonds. The number of hydrogen-bond acceptors (Lipinski definition) is 4. The number of pyridine rings is 1. The summed E-state index contributed by atoms with van der Waals surface area (Å²) in [6.07, 6.45) is 13.6. The summed E-state index contributed by atoms with van der Waals surface area (Å²) in [5.74, 6) is 1.14. The molecule has 2 saturated heterocycles. The van der Waals surface area contributed by atoms with Crippen molar-refractivity contribution < 1.29 is 0 Å². The van der Waals surface area contributed by atoms with Gasteiger partial charge in [0.1, 0.15) is 11.3 Å². The molecule has 5 rings (SSSR count). The van der Waals surface area contributed by atoms with Crippen LogP contribution < -0.4 is 0 Å². The van der Waals surface area contributed by atoms with Crippen molar-refractivity contribution in [1.29, 1.82) is 0 Å². The molecule has 0 radical (unpaired) electrons. The van der Waals surface area contributed by atoms with Crippen LogP contribution in [-0.2, 0) is 13.0 Å². The maximum absolute atomic E-state index is 4.95. The number of aromatic nitrogens is 3. The van der Waals surface area contributed by atoms with Crippen LogP contribution in [0.1, 0.15) is 73.7 Å². The molecular weight excluding hydrogens is 442 g/mol. The van der Waals surface area contributed by atoms with E-state index in [1.807, 2.05) is 0 Å². The van der Waals surface area contributed by atoms with Crippen LogP contribution in [0.5, 0.6) is 0 Å². The molecule has 0 saturated carbocycles. The van der Waals surface area contributed by atoms with Gasteiger partial charge in [-0.1, -0.05) is 49.8 Å². The molecule has 0 N–H and O–H groups in total. The van der Waals surface area contributed by atoms with Crippen molar-refractivity contribution in [3.8, 4) is 0 Å². The molecule has 2 aliphatic rings. The van der Waals surface area contributed by atoms with Gasteiger partial charge in [0.2, 0.25) is 0 Å². The number of benzene rings is 1. The summed E-state index contributed by atoms with van der Waals surface area (Å²) in [7, 11) is 0. The summed E-state index contributed by atoms with van der Waals surface area (Å²) in [5.41, 5.74) is 6.90. The Morgan fingerprint density at radius 3 is 2.42 bits per heavy atom. The Morgan fingerprint density at radius 1 is 0.944 bits per heavy atom. The van der Waals surface area contributed by atoms with Gasteiger partial charge in [0.15, 0.2) is 5.65 Å². The molecule has 5 nitrogen and oxygen atoms in total. The van der Waals surface area contributed by atoms with Gasteiger partial charge in [-0.2, -0.15) is 0 Å². The van der Waals surface area contributed by atoms with Crippen LogP contribution in [0.4, 0.5) is 0 Å². The molecule has 0 atom stereocenters. The van der Waals surface area contributed by atoms with E-state index in [0.717, 1.165) is 54.7 Å². The third-order valence-corrected chi connectivity index (χ3v) is 8.03. The molecule has 2 aromatic heterocycles. The summed E-state index contributed by atoms with van der Waals surface area (Å²) >= 11 is 0. The zero-order valence-electron chi connectivity index (χ0n) is 22.5. The van der Waals surface area contributed by atoms with Crippen molar-refractivity contribution in [3.63, 3.8) is 0 Å². The molecule has 3 aromatic rings. The highest BCUT2D eigenvalue weighted by Crippen LogP contribution is 2.23. The highest BCUT2D eigenvalue weighted by atomic mass is 15.2. The highest BCUT2D eigenvalue weighted by molar-refractivity contribution is 5.76. The van der Waals surface area contributed by atoms with E-state index in [0.29, 0.717) is 0 Å². The zero-order chi connectivity index (χ0) is 24.9. The Hall–Kier alpha value is -2.50. The molecule has 0 unspecified atom stereocenters. The Balaban J connectivity index is 1.18. The minimum Gasteiger partial charge on any atom is -0.308 e. The number of likely N-dealkylation sites (tertiary alicyclic amines) is 2. The average Bonchev–Trinajstić information content (AvgIpc) is 3.23. The molecule has 0 spiro atoms. The fourth-order valence-corrected chi connectivity index (χ4v) is 6.03. The van der Waals surface area contributed by atoms with Crippen LogP contribution in [0.3, 0.4) is 0 Å². The molecule has 2 fully saturated rings. The number of nitrogens with zero attached hydrogens (tertiary/aromatic N) is 5. The average molecular weight is 486 g/mol. The number of aryl methyl sites for hydroxylation is 3. The summed E-state index contributed by atoms with van der Waals surface area (Å²) in [6.45, 7) is 13.4. The van der Waals surface area contributed by atoms with Crippen LogP contribution in [0.25, 0.3) is 17.2 Å². The molecule has 4 heterocycles. The van der Waals surface area contributed by atoms with Gasteiger partial charge in [-0.05, 0) is 94.9 Å². The van der Waals surface area contributed by atoms with E-state index in [-0.39, 0.29) is 0 Å². The third kappa shape index (κ3) is 5.90. The largest absolute Gasteiger partial charge is 0.308 e. The first-order chi connectivity index (χ1) is 17.6. The summed E-state index contributed by atoms with van der Waals surface area (Å²) in [5, 5.41) is 0. The quantitative estimate of drug-likeness (QED) is 0.391. The van der Waals surface area contributed by atoms with Crippen molar-refractivity contribution in [2.75, 3.05) is 32.7 Å². The van der Waals surface area contributed by atoms with E-state index in [1.54, 1.807) is 0 Å². The molecular formula is C31H43N5. The fraction of sp³-hybridized carbons (Fsp3) is 0.548. The minimum absolute atomic E-state index is 0.817. The van der Waals surface area contributed by atoms with Crippen LogP contribution in [-0.4, -0.2) is 63.1 Å². The van der Waals surface area contributed by atoms with E-state index >= 15 is 0 Å². The molecule has 36 heavy (non-hydrogen) atoms. The minimum atomic E-state index is 0.817. The first kappa shape index (κ1) is 25.2. The van der Waals surface area contributed by atoms with Crippen LogP contribution in [0.2, 0.25) is 0 Å². The van der Waals surface area contributed by atoms with Gasteiger partial charge in [0.25, 0.3) is 0 Å². The number of rotatable bonds is 8. The van der Waals surface area contributed by atoms with Gasteiger partial charge in [-0.25, -0.2) is 9.97 Å². The lowest BCUT2D eigenvalue weighted by Gasteiger charge is -2.40. The smallest absolute Gasteiger partial charge is 0.160 e. The Morgan fingerprint density at radius 2 is 1.69 bits per heavy atom. The summed E-state index contributed by atoms with van der Waals surface area (Å²) in [6, 6.07) is 12.0. The molecule has 0 bridgehead atoms. The maximum Gasteiger partial charge on any atom is 0.160 e. The molecule has 192 valence electrons. The monoisotopic (exact) mass is 485 g/mol. The van der Waals surface area contributed by atoms with Crippen LogP contribution in [0.15, 0.2) is 36.4 Å². The zero-order valence-corrected chi connectivity index (χ0v) is 22.5. The molecule has 2 aliphatic heterocycles. The van der Waals surface area contributed by atoms with Crippen LogP contribution >= 0.6 is 0 Å². The van der Waals surface area contributed by atoms with Crippen LogP contribution in [0, 0.1) is 13.8 Å². The number of piperidine rings is 2.